The molecular formula is C12H16N2O2. The Bertz CT molecular complexity index is 347. The molecule has 1 N–H and O–H groups in total. The van der Waals surface area contributed by atoms with Crippen molar-refractivity contribution >= 4 is 5.91 Å². The first kappa shape index (κ1) is 11.1. The van der Waals surface area contributed by atoms with Crippen LogP contribution in [-0.2, 0) is 4.74 Å². The molecule has 16 heavy (non-hydrogen) atoms. The summed E-state index contributed by atoms with van der Waals surface area (Å²) >= 11 is 0. The van der Waals surface area contributed by atoms with Gasteiger partial charge < -0.3 is 10.1 Å². The zero-order valence-corrected chi connectivity index (χ0v) is 9.35. The maximum atomic E-state index is 11.8. The van der Waals surface area contributed by atoms with E-state index in [1.165, 1.54) is 0 Å². The lowest BCUT2D eigenvalue weighted by atomic mass is 10.1. The molecule has 0 unspecified atom stereocenters. The van der Waals surface area contributed by atoms with E-state index in [2.05, 4.69) is 10.3 Å². The van der Waals surface area contributed by atoms with Gasteiger partial charge in [0.1, 0.15) is 0 Å². The number of aromatic nitrogens is 1. The van der Waals surface area contributed by atoms with Crippen molar-refractivity contribution < 1.29 is 9.53 Å². The van der Waals surface area contributed by atoms with Crippen LogP contribution in [0.15, 0.2) is 24.5 Å². The number of rotatable bonds is 3. The minimum atomic E-state index is -0.0869. The molecule has 0 saturated carbocycles. The van der Waals surface area contributed by atoms with Crippen molar-refractivity contribution in [3.05, 3.63) is 30.1 Å². The van der Waals surface area contributed by atoms with Crippen molar-refractivity contribution in [1.29, 1.82) is 0 Å². The Morgan fingerprint density at radius 1 is 1.69 bits per heavy atom. The SMILES string of the molecule is C[C@H](NC(=O)c1cccnc1)[C@@H]1CCCO1. The predicted octanol–water partition coefficient (Wildman–Crippen LogP) is 1.38. The van der Waals surface area contributed by atoms with Gasteiger partial charge in [0.05, 0.1) is 17.7 Å². The number of amides is 1. The minimum absolute atomic E-state index is 0.0511. The molecular weight excluding hydrogens is 204 g/mol. The predicted molar refractivity (Wildman–Crippen MR) is 60.1 cm³/mol. The number of nitrogens with zero attached hydrogens (tertiary/aromatic N) is 1. The highest BCUT2D eigenvalue weighted by Crippen LogP contribution is 2.15. The summed E-state index contributed by atoms with van der Waals surface area (Å²) in [6.45, 7) is 2.78. The summed E-state index contributed by atoms with van der Waals surface area (Å²) < 4.78 is 5.52. The van der Waals surface area contributed by atoms with Crippen molar-refractivity contribution in [2.24, 2.45) is 0 Å². The summed E-state index contributed by atoms with van der Waals surface area (Å²) in [6.07, 6.45) is 5.48. The number of carbonyl (C=O) groups excluding carboxylic acids is 1. The topological polar surface area (TPSA) is 51.2 Å². The highest BCUT2D eigenvalue weighted by molar-refractivity contribution is 5.94. The third kappa shape index (κ3) is 2.58. The van der Waals surface area contributed by atoms with Gasteiger partial charge in [-0.05, 0) is 31.9 Å². The summed E-state index contributed by atoms with van der Waals surface area (Å²) in [5, 5.41) is 2.93. The molecule has 1 amide bonds. The van der Waals surface area contributed by atoms with E-state index in [0.717, 1.165) is 19.4 Å². The Morgan fingerprint density at radius 2 is 2.56 bits per heavy atom. The highest BCUT2D eigenvalue weighted by atomic mass is 16.5. The lowest BCUT2D eigenvalue weighted by molar-refractivity contribution is 0.0712. The van der Waals surface area contributed by atoms with E-state index in [1.807, 2.05) is 6.92 Å². The molecule has 2 rings (SSSR count). The van der Waals surface area contributed by atoms with Crippen LogP contribution in [0, 0.1) is 0 Å². The fraction of sp³-hybridized carbons (Fsp3) is 0.500. The molecule has 4 nitrogen and oxygen atoms in total. The van der Waals surface area contributed by atoms with Gasteiger partial charge in [0, 0.05) is 19.0 Å². The molecule has 1 saturated heterocycles. The second-order valence-corrected chi connectivity index (χ2v) is 4.06. The molecule has 2 atom stereocenters. The molecule has 1 aromatic heterocycles. The van der Waals surface area contributed by atoms with Crippen molar-refractivity contribution in [3.63, 3.8) is 0 Å². The molecule has 2 heterocycles. The van der Waals surface area contributed by atoms with Crippen molar-refractivity contribution in [2.75, 3.05) is 6.61 Å². The fourth-order valence-corrected chi connectivity index (χ4v) is 1.88. The average Bonchev–Trinajstić information content (AvgIpc) is 2.83. The first-order valence-electron chi connectivity index (χ1n) is 5.60. The maximum Gasteiger partial charge on any atom is 0.253 e. The summed E-state index contributed by atoms with van der Waals surface area (Å²) in [5.41, 5.74) is 0.590. The molecule has 0 aromatic carbocycles. The van der Waals surface area contributed by atoms with E-state index < -0.39 is 0 Å². The Hall–Kier alpha value is -1.42. The molecule has 0 bridgehead atoms. The summed E-state index contributed by atoms with van der Waals surface area (Å²) in [5.74, 6) is -0.0869. The first-order chi connectivity index (χ1) is 7.77. The average molecular weight is 220 g/mol. The van der Waals surface area contributed by atoms with Crippen LogP contribution in [-0.4, -0.2) is 29.6 Å². The number of ether oxygens (including phenoxy) is 1. The van der Waals surface area contributed by atoms with E-state index in [4.69, 9.17) is 4.74 Å². The Labute approximate surface area is 95.0 Å². The van der Waals surface area contributed by atoms with Crippen LogP contribution < -0.4 is 5.32 Å². The number of hydrogen-bond acceptors (Lipinski definition) is 3. The van der Waals surface area contributed by atoms with Crippen molar-refractivity contribution in [1.82, 2.24) is 10.3 Å². The highest BCUT2D eigenvalue weighted by Gasteiger charge is 2.23. The number of carbonyl (C=O) groups is 1. The summed E-state index contributed by atoms with van der Waals surface area (Å²) in [7, 11) is 0. The van der Waals surface area contributed by atoms with E-state index in [1.54, 1.807) is 24.5 Å². The van der Waals surface area contributed by atoms with Crippen LogP contribution in [0.4, 0.5) is 0 Å². The third-order valence-corrected chi connectivity index (χ3v) is 2.81. The molecule has 86 valence electrons. The smallest absolute Gasteiger partial charge is 0.253 e. The molecule has 0 spiro atoms. The minimum Gasteiger partial charge on any atom is -0.376 e. The van der Waals surface area contributed by atoms with Crippen LogP contribution in [0.25, 0.3) is 0 Å². The zero-order valence-electron chi connectivity index (χ0n) is 9.35. The number of hydrogen-bond donors (Lipinski definition) is 1. The summed E-state index contributed by atoms with van der Waals surface area (Å²) in [4.78, 5) is 15.7. The quantitative estimate of drug-likeness (QED) is 0.837. The van der Waals surface area contributed by atoms with Gasteiger partial charge in [-0.15, -0.1) is 0 Å². The van der Waals surface area contributed by atoms with Crippen LogP contribution in [0.2, 0.25) is 0 Å². The molecule has 1 aliphatic rings. The zero-order chi connectivity index (χ0) is 11.4. The molecule has 1 fully saturated rings. The third-order valence-electron chi connectivity index (χ3n) is 2.81. The Morgan fingerprint density at radius 3 is 3.19 bits per heavy atom. The normalized spacial score (nSPS) is 21.7. The van der Waals surface area contributed by atoms with Crippen LogP contribution in [0.5, 0.6) is 0 Å². The van der Waals surface area contributed by atoms with Gasteiger partial charge in [-0.2, -0.15) is 0 Å². The van der Waals surface area contributed by atoms with E-state index >= 15 is 0 Å². The number of nitrogens with one attached hydrogen (secondary N) is 1. The second-order valence-electron chi connectivity index (χ2n) is 4.06. The second kappa shape index (κ2) is 5.07. The molecule has 1 aromatic rings. The van der Waals surface area contributed by atoms with Gasteiger partial charge in [0.15, 0.2) is 0 Å². The molecule has 4 heteroatoms. The number of pyridine rings is 1. The standard InChI is InChI=1S/C12H16N2O2/c1-9(11-5-3-7-16-11)14-12(15)10-4-2-6-13-8-10/h2,4,6,8-9,11H,3,5,7H2,1H3,(H,14,15)/t9-,11-/m0/s1. The van der Waals surface area contributed by atoms with Crippen LogP contribution in [0.1, 0.15) is 30.1 Å². The van der Waals surface area contributed by atoms with Gasteiger partial charge >= 0.3 is 0 Å². The van der Waals surface area contributed by atoms with E-state index in [0.29, 0.717) is 5.56 Å². The van der Waals surface area contributed by atoms with Gasteiger partial charge in [-0.3, -0.25) is 9.78 Å². The Kier molecular flexibility index (Phi) is 3.51. The lowest BCUT2D eigenvalue weighted by Gasteiger charge is -2.19. The van der Waals surface area contributed by atoms with Gasteiger partial charge in [0.2, 0.25) is 0 Å². The molecule has 1 aliphatic heterocycles. The Balaban J connectivity index is 1.92. The van der Waals surface area contributed by atoms with E-state index in [-0.39, 0.29) is 18.1 Å². The van der Waals surface area contributed by atoms with Crippen LogP contribution >= 0.6 is 0 Å². The molecule has 0 radical (unpaired) electrons. The first-order valence-corrected chi connectivity index (χ1v) is 5.60. The van der Waals surface area contributed by atoms with Crippen molar-refractivity contribution in [3.8, 4) is 0 Å². The van der Waals surface area contributed by atoms with Gasteiger partial charge in [-0.1, -0.05) is 0 Å². The maximum absolute atomic E-state index is 11.8. The fourth-order valence-electron chi connectivity index (χ4n) is 1.88. The van der Waals surface area contributed by atoms with Gasteiger partial charge in [-0.25, -0.2) is 0 Å². The van der Waals surface area contributed by atoms with Crippen LogP contribution in [0.3, 0.4) is 0 Å². The van der Waals surface area contributed by atoms with Crippen molar-refractivity contribution in [2.45, 2.75) is 31.9 Å². The van der Waals surface area contributed by atoms with Gasteiger partial charge in [0.25, 0.3) is 5.91 Å². The lowest BCUT2D eigenvalue weighted by Crippen LogP contribution is -2.40. The molecule has 0 aliphatic carbocycles. The summed E-state index contributed by atoms with van der Waals surface area (Å²) in [6, 6.07) is 3.56. The monoisotopic (exact) mass is 220 g/mol. The van der Waals surface area contributed by atoms with E-state index in [9.17, 15) is 4.79 Å². The largest absolute Gasteiger partial charge is 0.376 e.